The van der Waals surface area contributed by atoms with Crippen LogP contribution in [-0.2, 0) is 37.5 Å². The molecule has 3 N–H and O–H groups in total. The number of esters is 2. The van der Waals surface area contributed by atoms with Gasteiger partial charge in [-0.05, 0) is 63.9 Å². The number of unbranched alkanes of at least 4 members (excludes halogenated alkanes) is 22. The molecule has 0 aliphatic rings. The van der Waals surface area contributed by atoms with E-state index in [0.29, 0.717) is 19.3 Å². The summed E-state index contributed by atoms with van der Waals surface area (Å²) in [5, 5.41) is 0. The number of carbonyl (C=O) groups is 3. The summed E-state index contributed by atoms with van der Waals surface area (Å²) < 4.78 is 32.7. The molecule has 0 saturated carbocycles. The normalized spacial score (nSPS) is 13.5. The van der Waals surface area contributed by atoms with Crippen LogP contribution in [0.3, 0.4) is 0 Å². The number of ketones is 1. The summed E-state index contributed by atoms with van der Waals surface area (Å²) in [6.45, 7) is 3.55. The van der Waals surface area contributed by atoms with E-state index in [1.807, 2.05) is 12.2 Å². The summed E-state index contributed by atoms with van der Waals surface area (Å²) in [4.78, 5) is 46.9. The van der Waals surface area contributed by atoms with Crippen LogP contribution in [0, 0.1) is 0 Å². The minimum Gasteiger partial charge on any atom is -0.462 e. The first-order chi connectivity index (χ1) is 27.2. The maximum Gasteiger partial charge on any atom is 0.472 e. The van der Waals surface area contributed by atoms with Crippen molar-refractivity contribution in [2.45, 2.75) is 206 Å². The van der Waals surface area contributed by atoms with Gasteiger partial charge in [0.2, 0.25) is 0 Å². The predicted molar refractivity (Wildman–Crippen MR) is 229 cm³/mol. The van der Waals surface area contributed by atoms with Gasteiger partial charge in [-0.15, -0.1) is 0 Å². The van der Waals surface area contributed by atoms with Gasteiger partial charge in [-0.1, -0.05) is 153 Å². The van der Waals surface area contributed by atoms with Crippen LogP contribution in [0.5, 0.6) is 0 Å². The topological polar surface area (TPSA) is 151 Å². The maximum absolute atomic E-state index is 12.6. The Hall–Kier alpha value is -2.10. The van der Waals surface area contributed by atoms with Crippen molar-refractivity contribution in [3.63, 3.8) is 0 Å². The van der Waals surface area contributed by atoms with Crippen molar-refractivity contribution < 1.29 is 42.4 Å². The van der Waals surface area contributed by atoms with Gasteiger partial charge >= 0.3 is 19.8 Å². The van der Waals surface area contributed by atoms with E-state index in [9.17, 15) is 23.8 Å². The van der Waals surface area contributed by atoms with E-state index >= 15 is 0 Å². The number of hydrogen-bond donors (Lipinski definition) is 2. The van der Waals surface area contributed by atoms with Crippen molar-refractivity contribution in [3.8, 4) is 0 Å². The van der Waals surface area contributed by atoms with Crippen molar-refractivity contribution in [1.82, 2.24) is 0 Å². The van der Waals surface area contributed by atoms with Crippen LogP contribution in [0.4, 0.5) is 0 Å². The predicted octanol–water partition coefficient (Wildman–Crippen LogP) is 12.1. The van der Waals surface area contributed by atoms with E-state index in [-0.39, 0.29) is 38.4 Å². The molecule has 0 aliphatic heterocycles. The lowest BCUT2D eigenvalue weighted by Crippen LogP contribution is -2.29. The number of hydrogen-bond acceptors (Lipinski definition) is 9. The van der Waals surface area contributed by atoms with Crippen molar-refractivity contribution in [3.05, 3.63) is 36.5 Å². The number of carbonyl (C=O) groups excluding carboxylic acids is 3. The van der Waals surface area contributed by atoms with E-state index in [0.717, 1.165) is 51.4 Å². The van der Waals surface area contributed by atoms with Crippen LogP contribution in [0.25, 0.3) is 0 Å². The molecule has 0 radical (unpaired) electrons. The molecule has 0 saturated heterocycles. The Morgan fingerprint density at radius 2 is 1.04 bits per heavy atom. The molecule has 1 unspecified atom stereocenters. The van der Waals surface area contributed by atoms with Gasteiger partial charge in [0.25, 0.3) is 0 Å². The average molecular weight is 812 g/mol. The number of phosphoric acid groups is 1. The van der Waals surface area contributed by atoms with Gasteiger partial charge in [0.15, 0.2) is 11.9 Å². The van der Waals surface area contributed by atoms with Crippen LogP contribution in [0.1, 0.15) is 200 Å². The Bertz CT molecular complexity index is 1080. The fourth-order valence-electron chi connectivity index (χ4n) is 6.08. The molecule has 2 atom stereocenters. The number of allylic oxidation sites excluding steroid dienone is 6. The van der Waals surface area contributed by atoms with Crippen molar-refractivity contribution >= 4 is 25.5 Å². The van der Waals surface area contributed by atoms with Crippen LogP contribution < -0.4 is 5.73 Å². The number of phosphoric ester groups is 1. The third kappa shape index (κ3) is 40.1. The first kappa shape index (κ1) is 53.9. The number of rotatable bonds is 42. The second kappa shape index (κ2) is 41.1. The summed E-state index contributed by atoms with van der Waals surface area (Å²) in [6.07, 6.45) is 41.3. The van der Waals surface area contributed by atoms with Crippen LogP contribution >= 0.6 is 7.82 Å². The van der Waals surface area contributed by atoms with Crippen LogP contribution in [-0.4, -0.2) is 55.1 Å². The fourth-order valence-corrected chi connectivity index (χ4v) is 6.85. The molecule has 0 aromatic rings. The van der Waals surface area contributed by atoms with Gasteiger partial charge < -0.3 is 20.1 Å². The number of nitrogens with two attached hydrogens (primary N) is 1. The van der Waals surface area contributed by atoms with E-state index in [4.69, 9.17) is 24.3 Å². The van der Waals surface area contributed by atoms with Gasteiger partial charge in [0, 0.05) is 25.8 Å². The van der Waals surface area contributed by atoms with Crippen LogP contribution in [0.2, 0.25) is 0 Å². The van der Waals surface area contributed by atoms with Gasteiger partial charge in [0.1, 0.15) is 6.61 Å². The van der Waals surface area contributed by atoms with Crippen molar-refractivity contribution in [2.75, 3.05) is 26.4 Å². The minimum absolute atomic E-state index is 0.0355. The molecular weight excluding hydrogens is 729 g/mol. The first-order valence-electron chi connectivity index (χ1n) is 22.4. The van der Waals surface area contributed by atoms with Gasteiger partial charge in [0.05, 0.1) is 13.2 Å². The van der Waals surface area contributed by atoms with Gasteiger partial charge in [-0.25, -0.2) is 4.57 Å². The van der Waals surface area contributed by atoms with Crippen molar-refractivity contribution in [2.24, 2.45) is 5.73 Å². The molecule has 0 bridgehead atoms. The monoisotopic (exact) mass is 812 g/mol. The summed E-state index contributed by atoms with van der Waals surface area (Å²) in [5.74, 6) is -0.797. The van der Waals surface area contributed by atoms with Gasteiger partial charge in [-0.3, -0.25) is 23.4 Å². The van der Waals surface area contributed by atoms with E-state index in [1.165, 1.54) is 103 Å². The lowest BCUT2D eigenvalue weighted by Gasteiger charge is -2.19. The molecule has 56 heavy (non-hydrogen) atoms. The first-order valence-corrected chi connectivity index (χ1v) is 23.9. The zero-order valence-electron chi connectivity index (χ0n) is 35.6. The molecule has 0 aromatic carbocycles. The molecule has 11 heteroatoms. The molecule has 0 rings (SSSR count). The minimum atomic E-state index is -4.40. The molecule has 0 aromatic heterocycles. The smallest absolute Gasteiger partial charge is 0.462 e. The molecular formula is C45H82NO9P. The Kier molecular flexibility index (Phi) is 39.5. The van der Waals surface area contributed by atoms with Crippen LogP contribution in [0.15, 0.2) is 36.5 Å². The van der Waals surface area contributed by atoms with Gasteiger partial charge in [-0.2, -0.15) is 0 Å². The van der Waals surface area contributed by atoms with Crippen molar-refractivity contribution in [1.29, 1.82) is 0 Å². The summed E-state index contributed by atoms with van der Waals surface area (Å²) in [5.41, 5.74) is 5.34. The quantitative estimate of drug-likeness (QED) is 0.0152. The van der Waals surface area contributed by atoms with E-state index in [2.05, 4.69) is 32.1 Å². The van der Waals surface area contributed by atoms with E-state index < -0.39 is 32.5 Å². The summed E-state index contributed by atoms with van der Waals surface area (Å²) >= 11 is 0. The lowest BCUT2D eigenvalue weighted by molar-refractivity contribution is -0.161. The zero-order chi connectivity index (χ0) is 41.2. The Morgan fingerprint density at radius 3 is 1.61 bits per heavy atom. The summed E-state index contributed by atoms with van der Waals surface area (Å²) in [7, 11) is -4.40. The lowest BCUT2D eigenvalue weighted by atomic mass is 10.1. The standard InChI is InChI=1S/C45H82NO9P/c1-3-5-7-9-11-12-13-14-15-16-17-18-19-20-21-22-24-28-33-37-45(49)55-43(41-54-56(50,51)53-39-38-46)40-52-44(48)36-32-29-25-27-31-35-42(47)34-30-26-23-10-8-6-4-2/h14-15,23,26,30,34,43H,3-13,16-22,24-25,27-29,31-33,35-41,46H2,1-2H3,(H,50,51)/b15-14-,26-23-,34-30+/t43-/m1/s1. The number of ether oxygens (including phenoxy) is 2. The second-order valence-electron chi connectivity index (χ2n) is 14.9. The average Bonchev–Trinajstić information content (AvgIpc) is 3.18. The molecule has 0 aliphatic carbocycles. The maximum atomic E-state index is 12.6. The highest BCUT2D eigenvalue weighted by Crippen LogP contribution is 2.43. The zero-order valence-corrected chi connectivity index (χ0v) is 36.5. The molecule has 326 valence electrons. The largest absolute Gasteiger partial charge is 0.472 e. The molecule has 0 spiro atoms. The highest BCUT2D eigenvalue weighted by Gasteiger charge is 2.26. The molecule has 0 amide bonds. The third-order valence-corrected chi connectivity index (χ3v) is 10.5. The highest BCUT2D eigenvalue weighted by molar-refractivity contribution is 7.47. The Morgan fingerprint density at radius 1 is 0.571 bits per heavy atom. The molecule has 0 heterocycles. The third-order valence-electron chi connectivity index (χ3n) is 9.47. The Labute approximate surface area is 341 Å². The molecule has 0 fully saturated rings. The Balaban J connectivity index is 4.20. The summed E-state index contributed by atoms with van der Waals surface area (Å²) in [6, 6.07) is 0. The SMILES string of the molecule is CCCCC/C=C\C=C\C(=O)CCCCCCCC(=O)OC[C@H](COP(=O)(O)OCCN)OC(=O)CCCCCCCCCCC/C=C\CCCCCCCC. The fraction of sp³-hybridized carbons (Fsp3) is 0.800. The molecule has 10 nitrogen and oxygen atoms in total. The second-order valence-corrected chi connectivity index (χ2v) is 16.4. The highest BCUT2D eigenvalue weighted by atomic mass is 31.2. The van der Waals surface area contributed by atoms with E-state index in [1.54, 1.807) is 6.08 Å².